The van der Waals surface area contributed by atoms with Crippen LogP contribution < -0.4 is 5.32 Å². The molecular weight excluding hydrogens is 240 g/mol. The summed E-state index contributed by atoms with van der Waals surface area (Å²) in [4.78, 5) is 11.5. The van der Waals surface area contributed by atoms with Crippen LogP contribution in [-0.2, 0) is 11.3 Å². The molecule has 5 heteroatoms. The van der Waals surface area contributed by atoms with Gasteiger partial charge >= 0.3 is 0 Å². The van der Waals surface area contributed by atoms with E-state index in [0.29, 0.717) is 6.04 Å². The van der Waals surface area contributed by atoms with Gasteiger partial charge in [-0.05, 0) is 32.0 Å². The largest absolute Gasteiger partial charge is 0.367 e. The molecule has 2 fully saturated rings. The van der Waals surface area contributed by atoms with E-state index in [1.54, 1.807) is 0 Å². The van der Waals surface area contributed by atoms with Crippen LogP contribution in [0, 0.1) is 0 Å². The molecule has 3 heterocycles. The summed E-state index contributed by atoms with van der Waals surface area (Å²) >= 11 is 0. The first-order chi connectivity index (χ1) is 9.36. The Hall–Kier alpha value is -1.04. The monoisotopic (exact) mass is 262 g/mol. The number of ether oxygens (including phenoxy) is 1. The molecule has 0 aliphatic carbocycles. The molecule has 3 rings (SSSR count). The first-order valence-corrected chi connectivity index (χ1v) is 7.25. The van der Waals surface area contributed by atoms with Crippen LogP contribution in [0.5, 0.6) is 0 Å². The standard InChI is InChI=1S/C14H22N4O/c1-2-15-8-11-5-6-16-14(17-11)13-9-18-7-3-4-12(18)10-19-13/h5-6,12-13,15H,2-4,7-10H2,1H3. The smallest absolute Gasteiger partial charge is 0.158 e. The van der Waals surface area contributed by atoms with Crippen LogP contribution in [0.25, 0.3) is 0 Å². The van der Waals surface area contributed by atoms with Crippen LogP contribution in [0.15, 0.2) is 12.3 Å². The van der Waals surface area contributed by atoms with Gasteiger partial charge in [0.05, 0.1) is 12.3 Å². The second-order valence-corrected chi connectivity index (χ2v) is 5.30. The van der Waals surface area contributed by atoms with Crippen LogP contribution in [0.4, 0.5) is 0 Å². The van der Waals surface area contributed by atoms with E-state index < -0.39 is 0 Å². The molecule has 0 saturated carbocycles. The van der Waals surface area contributed by atoms with Gasteiger partial charge in [0.1, 0.15) is 6.10 Å². The number of morpholine rings is 1. The zero-order valence-corrected chi connectivity index (χ0v) is 11.5. The number of nitrogens with one attached hydrogen (secondary N) is 1. The number of hydrogen-bond acceptors (Lipinski definition) is 5. The van der Waals surface area contributed by atoms with Gasteiger partial charge < -0.3 is 10.1 Å². The number of rotatable bonds is 4. The molecule has 2 aliphatic rings. The molecule has 0 spiro atoms. The summed E-state index contributed by atoms with van der Waals surface area (Å²) in [6, 6.07) is 2.59. The lowest BCUT2D eigenvalue weighted by Crippen LogP contribution is -2.42. The van der Waals surface area contributed by atoms with Gasteiger partial charge in [0.25, 0.3) is 0 Å². The maximum Gasteiger partial charge on any atom is 0.158 e. The molecule has 1 aromatic rings. The molecule has 2 atom stereocenters. The summed E-state index contributed by atoms with van der Waals surface area (Å²) in [6.45, 7) is 6.81. The van der Waals surface area contributed by atoms with Gasteiger partial charge in [0.15, 0.2) is 5.82 Å². The van der Waals surface area contributed by atoms with Crippen LogP contribution in [0.2, 0.25) is 0 Å². The van der Waals surface area contributed by atoms with Crippen molar-refractivity contribution < 1.29 is 4.74 Å². The van der Waals surface area contributed by atoms with Gasteiger partial charge in [-0.25, -0.2) is 9.97 Å². The van der Waals surface area contributed by atoms with E-state index in [2.05, 4.69) is 27.1 Å². The minimum absolute atomic E-state index is 0.0379. The van der Waals surface area contributed by atoms with Crippen molar-refractivity contribution in [2.24, 2.45) is 0 Å². The van der Waals surface area contributed by atoms with Crippen LogP contribution in [0.1, 0.15) is 37.4 Å². The average molecular weight is 262 g/mol. The number of hydrogen-bond donors (Lipinski definition) is 1. The lowest BCUT2D eigenvalue weighted by molar-refractivity contribution is -0.0542. The molecule has 5 nitrogen and oxygen atoms in total. The molecule has 0 amide bonds. The molecule has 1 aromatic heterocycles. The zero-order chi connectivity index (χ0) is 13.1. The lowest BCUT2D eigenvalue weighted by Gasteiger charge is -2.34. The fourth-order valence-corrected chi connectivity index (χ4v) is 2.89. The maximum absolute atomic E-state index is 5.95. The Morgan fingerprint density at radius 2 is 2.47 bits per heavy atom. The highest BCUT2D eigenvalue weighted by Crippen LogP contribution is 2.28. The van der Waals surface area contributed by atoms with Gasteiger partial charge in [-0.1, -0.05) is 6.92 Å². The molecule has 0 bridgehead atoms. The van der Waals surface area contributed by atoms with Crippen molar-refractivity contribution in [3.8, 4) is 0 Å². The van der Waals surface area contributed by atoms with Crippen molar-refractivity contribution in [3.05, 3.63) is 23.8 Å². The van der Waals surface area contributed by atoms with E-state index >= 15 is 0 Å². The highest BCUT2D eigenvalue weighted by atomic mass is 16.5. The van der Waals surface area contributed by atoms with E-state index in [0.717, 1.165) is 37.8 Å². The summed E-state index contributed by atoms with van der Waals surface area (Å²) in [6.07, 6.45) is 4.45. The van der Waals surface area contributed by atoms with Crippen molar-refractivity contribution in [2.45, 2.75) is 38.5 Å². The highest BCUT2D eigenvalue weighted by Gasteiger charge is 2.33. The van der Waals surface area contributed by atoms with Crippen LogP contribution in [0.3, 0.4) is 0 Å². The topological polar surface area (TPSA) is 50.3 Å². The first kappa shape index (κ1) is 13.0. The maximum atomic E-state index is 5.95. The number of aromatic nitrogens is 2. The third-order valence-corrected chi connectivity index (χ3v) is 3.97. The number of fused-ring (bicyclic) bond motifs is 1. The molecule has 2 unspecified atom stereocenters. The Bertz CT molecular complexity index is 426. The highest BCUT2D eigenvalue weighted by molar-refractivity contribution is 5.05. The van der Waals surface area contributed by atoms with Crippen molar-refractivity contribution >= 4 is 0 Å². The Morgan fingerprint density at radius 3 is 3.37 bits per heavy atom. The summed E-state index contributed by atoms with van der Waals surface area (Å²) in [7, 11) is 0. The molecule has 0 radical (unpaired) electrons. The Morgan fingerprint density at radius 1 is 1.53 bits per heavy atom. The predicted octanol–water partition coefficient (Wildman–Crippen LogP) is 1.12. The summed E-state index contributed by atoms with van der Waals surface area (Å²) in [5.74, 6) is 0.834. The van der Waals surface area contributed by atoms with Crippen molar-refractivity contribution in [1.29, 1.82) is 0 Å². The SMILES string of the molecule is CCNCc1ccnc(C2CN3CCCC3CO2)n1. The summed E-state index contributed by atoms with van der Waals surface area (Å²) in [5.41, 5.74) is 1.04. The van der Waals surface area contributed by atoms with Crippen molar-refractivity contribution in [2.75, 3.05) is 26.2 Å². The second kappa shape index (κ2) is 5.94. The molecule has 2 saturated heterocycles. The average Bonchev–Trinajstić information content (AvgIpc) is 2.92. The third-order valence-electron chi connectivity index (χ3n) is 3.97. The van der Waals surface area contributed by atoms with Gasteiger partial charge in [-0.3, -0.25) is 4.90 Å². The minimum atomic E-state index is 0.0379. The molecule has 104 valence electrons. The minimum Gasteiger partial charge on any atom is -0.367 e. The van der Waals surface area contributed by atoms with Gasteiger partial charge in [-0.15, -0.1) is 0 Å². The normalized spacial score (nSPS) is 27.4. The van der Waals surface area contributed by atoms with Crippen LogP contribution >= 0.6 is 0 Å². The molecule has 1 N–H and O–H groups in total. The van der Waals surface area contributed by atoms with Gasteiger partial charge in [0.2, 0.25) is 0 Å². The Balaban J connectivity index is 1.68. The quantitative estimate of drug-likeness (QED) is 0.881. The lowest BCUT2D eigenvalue weighted by atomic mass is 10.2. The van der Waals surface area contributed by atoms with E-state index in [1.165, 1.54) is 19.4 Å². The van der Waals surface area contributed by atoms with E-state index in [4.69, 9.17) is 4.74 Å². The predicted molar refractivity (Wildman–Crippen MR) is 72.7 cm³/mol. The number of nitrogens with zero attached hydrogens (tertiary/aromatic N) is 3. The van der Waals surface area contributed by atoms with Gasteiger partial charge in [-0.2, -0.15) is 0 Å². The zero-order valence-electron chi connectivity index (χ0n) is 11.5. The fourth-order valence-electron chi connectivity index (χ4n) is 2.89. The fraction of sp³-hybridized carbons (Fsp3) is 0.714. The Kier molecular flexibility index (Phi) is 4.06. The van der Waals surface area contributed by atoms with E-state index in [-0.39, 0.29) is 6.10 Å². The molecule has 0 aromatic carbocycles. The molecular formula is C14H22N4O. The molecule has 19 heavy (non-hydrogen) atoms. The van der Waals surface area contributed by atoms with E-state index in [1.807, 2.05) is 12.3 Å². The van der Waals surface area contributed by atoms with Crippen molar-refractivity contribution in [1.82, 2.24) is 20.2 Å². The van der Waals surface area contributed by atoms with Crippen LogP contribution in [-0.4, -0.2) is 47.2 Å². The summed E-state index contributed by atoms with van der Waals surface area (Å²) in [5, 5.41) is 3.29. The first-order valence-electron chi connectivity index (χ1n) is 7.25. The van der Waals surface area contributed by atoms with E-state index in [9.17, 15) is 0 Å². The van der Waals surface area contributed by atoms with Crippen molar-refractivity contribution in [3.63, 3.8) is 0 Å². The third kappa shape index (κ3) is 2.94. The molecule has 2 aliphatic heterocycles. The Labute approximate surface area is 114 Å². The second-order valence-electron chi connectivity index (χ2n) is 5.30. The summed E-state index contributed by atoms with van der Waals surface area (Å²) < 4.78 is 5.95. The van der Waals surface area contributed by atoms with Gasteiger partial charge in [0, 0.05) is 25.3 Å².